The summed E-state index contributed by atoms with van der Waals surface area (Å²) in [6.07, 6.45) is 0. The quantitative estimate of drug-likeness (QED) is 0.384. The van der Waals surface area contributed by atoms with Gasteiger partial charge in [-0.3, -0.25) is 19.7 Å². The molecule has 0 aliphatic carbocycles. The standard InChI is InChI=1S/C14H28N4O3S2/c1-5-18(6-2)14(21)10(8-22)15-7-12(19)16-11(9-23)13(20)17(3)4/h10-11,15,22-23H,5-9H2,1-4H3,(H,16,19). The zero-order valence-electron chi connectivity index (χ0n) is 14.2. The molecule has 0 aromatic carbocycles. The molecule has 23 heavy (non-hydrogen) atoms. The molecule has 7 nitrogen and oxygen atoms in total. The van der Waals surface area contributed by atoms with Crippen LogP contribution >= 0.6 is 25.3 Å². The topological polar surface area (TPSA) is 81.8 Å². The summed E-state index contributed by atoms with van der Waals surface area (Å²) in [6, 6.07) is -1.22. The molecule has 3 amide bonds. The minimum Gasteiger partial charge on any atom is -0.347 e. The van der Waals surface area contributed by atoms with Crippen molar-refractivity contribution in [3.63, 3.8) is 0 Å². The molecule has 0 aliphatic rings. The van der Waals surface area contributed by atoms with Gasteiger partial charge in [-0.05, 0) is 13.8 Å². The lowest BCUT2D eigenvalue weighted by Crippen LogP contribution is -2.53. The molecule has 9 heteroatoms. The Morgan fingerprint density at radius 2 is 1.48 bits per heavy atom. The fourth-order valence-electron chi connectivity index (χ4n) is 1.94. The van der Waals surface area contributed by atoms with Gasteiger partial charge in [0.2, 0.25) is 17.7 Å². The summed E-state index contributed by atoms with van der Waals surface area (Å²) < 4.78 is 0. The first-order valence-corrected chi connectivity index (χ1v) is 8.83. The summed E-state index contributed by atoms with van der Waals surface area (Å²) in [5.41, 5.74) is 0. The van der Waals surface area contributed by atoms with Crippen LogP contribution in [-0.4, -0.2) is 84.8 Å². The predicted octanol–water partition coefficient (Wildman–Crippen LogP) is -0.754. The van der Waals surface area contributed by atoms with Crippen LogP contribution in [0.3, 0.4) is 0 Å². The lowest BCUT2D eigenvalue weighted by atomic mass is 10.2. The minimum absolute atomic E-state index is 0.0662. The molecule has 0 bridgehead atoms. The molecule has 134 valence electrons. The van der Waals surface area contributed by atoms with Gasteiger partial charge in [0, 0.05) is 38.7 Å². The molecule has 2 atom stereocenters. The van der Waals surface area contributed by atoms with Crippen LogP contribution in [0, 0.1) is 0 Å². The Labute approximate surface area is 149 Å². The average Bonchev–Trinajstić information content (AvgIpc) is 2.53. The van der Waals surface area contributed by atoms with E-state index in [0.29, 0.717) is 13.1 Å². The van der Waals surface area contributed by atoms with E-state index in [1.54, 1.807) is 19.0 Å². The van der Waals surface area contributed by atoms with Gasteiger partial charge in [0.25, 0.3) is 0 Å². The molecular weight excluding hydrogens is 336 g/mol. The van der Waals surface area contributed by atoms with Crippen molar-refractivity contribution >= 4 is 43.0 Å². The number of likely N-dealkylation sites (N-methyl/N-ethyl adjacent to an activating group) is 2. The van der Waals surface area contributed by atoms with E-state index in [2.05, 4.69) is 35.9 Å². The minimum atomic E-state index is -0.685. The maximum atomic E-state index is 12.2. The highest BCUT2D eigenvalue weighted by molar-refractivity contribution is 7.80. The first-order valence-electron chi connectivity index (χ1n) is 7.56. The Balaban J connectivity index is 4.54. The highest BCUT2D eigenvalue weighted by Gasteiger charge is 2.24. The second kappa shape index (κ2) is 11.6. The van der Waals surface area contributed by atoms with Crippen LogP contribution in [0.25, 0.3) is 0 Å². The van der Waals surface area contributed by atoms with Crippen LogP contribution < -0.4 is 10.6 Å². The smallest absolute Gasteiger partial charge is 0.245 e. The molecule has 0 fully saturated rings. The summed E-state index contributed by atoms with van der Waals surface area (Å²) >= 11 is 8.24. The monoisotopic (exact) mass is 364 g/mol. The molecule has 0 heterocycles. The zero-order chi connectivity index (χ0) is 18.0. The van der Waals surface area contributed by atoms with Crippen molar-refractivity contribution in [1.82, 2.24) is 20.4 Å². The van der Waals surface area contributed by atoms with Crippen LogP contribution in [0.2, 0.25) is 0 Å². The van der Waals surface area contributed by atoms with Crippen LogP contribution in [0.1, 0.15) is 13.8 Å². The Bertz CT molecular complexity index is 403. The summed E-state index contributed by atoms with van der Waals surface area (Å²) in [7, 11) is 3.23. The lowest BCUT2D eigenvalue weighted by Gasteiger charge is -2.25. The second-order valence-electron chi connectivity index (χ2n) is 5.16. The number of nitrogens with one attached hydrogen (secondary N) is 2. The third-order valence-corrected chi connectivity index (χ3v) is 4.05. The summed E-state index contributed by atoms with van der Waals surface area (Å²) in [5.74, 6) is -0.184. The molecule has 0 aromatic heterocycles. The van der Waals surface area contributed by atoms with E-state index in [4.69, 9.17) is 0 Å². The molecule has 0 aromatic rings. The number of hydrogen-bond acceptors (Lipinski definition) is 6. The highest BCUT2D eigenvalue weighted by atomic mass is 32.1. The Hall–Kier alpha value is -0.930. The van der Waals surface area contributed by atoms with Gasteiger partial charge in [-0.2, -0.15) is 25.3 Å². The number of rotatable bonds is 10. The largest absolute Gasteiger partial charge is 0.347 e. The third kappa shape index (κ3) is 7.45. The number of nitrogens with zero attached hydrogens (tertiary/aromatic N) is 2. The zero-order valence-corrected chi connectivity index (χ0v) is 16.0. The molecule has 0 radical (unpaired) electrons. The molecular formula is C14H28N4O3S2. The van der Waals surface area contributed by atoms with Gasteiger partial charge < -0.3 is 15.1 Å². The van der Waals surface area contributed by atoms with Gasteiger partial charge in [-0.25, -0.2) is 0 Å². The summed E-state index contributed by atoms with van der Waals surface area (Å²) in [6.45, 7) is 4.93. The Morgan fingerprint density at radius 3 is 1.87 bits per heavy atom. The van der Waals surface area contributed by atoms with Gasteiger partial charge in [-0.1, -0.05) is 0 Å². The molecule has 0 aliphatic heterocycles. The maximum absolute atomic E-state index is 12.2. The van der Waals surface area contributed by atoms with E-state index in [9.17, 15) is 14.4 Å². The van der Waals surface area contributed by atoms with Crippen molar-refractivity contribution in [1.29, 1.82) is 0 Å². The van der Waals surface area contributed by atoms with E-state index >= 15 is 0 Å². The van der Waals surface area contributed by atoms with Crippen molar-refractivity contribution in [2.24, 2.45) is 0 Å². The van der Waals surface area contributed by atoms with Crippen LogP contribution in [0.4, 0.5) is 0 Å². The number of carbonyl (C=O) groups excluding carboxylic acids is 3. The molecule has 0 saturated heterocycles. The predicted molar refractivity (Wildman–Crippen MR) is 98.0 cm³/mol. The fraction of sp³-hybridized carbons (Fsp3) is 0.786. The van der Waals surface area contributed by atoms with Gasteiger partial charge in [0.1, 0.15) is 6.04 Å². The van der Waals surface area contributed by atoms with Crippen LogP contribution in [0.5, 0.6) is 0 Å². The van der Waals surface area contributed by atoms with E-state index in [1.165, 1.54) is 4.90 Å². The summed E-state index contributed by atoms with van der Waals surface area (Å²) in [4.78, 5) is 39.1. The SMILES string of the molecule is CCN(CC)C(=O)C(CS)NCC(=O)NC(CS)C(=O)N(C)C. The number of hydrogen-bond donors (Lipinski definition) is 4. The number of carbonyl (C=O) groups is 3. The second-order valence-corrected chi connectivity index (χ2v) is 5.89. The number of amides is 3. The van der Waals surface area contributed by atoms with Crippen molar-refractivity contribution in [3.8, 4) is 0 Å². The third-order valence-electron chi connectivity index (χ3n) is 3.32. The van der Waals surface area contributed by atoms with Crippen molar-refractivity contribution in [3.05, 3.63) is 0 Å². The van der Waals surface area contributed by atoms with E-state index in [-0.39, 0.29) is 35.8 Å². The molecule has 0 rings (SSSR count). The normalized spacial score (nSPS) is 13.1. The van der Waals surface area contributed by atoms with Crippen molar-refractivity contribution < 1.29 is 14.4 Å². The van der Waals surface area contributed by atoms with Gasteiger partial charge >= 0.3 is 0 Å². The average molecular weight is 365 g/mol. The van der Waals surface area contributed by atoms with Crippen LogP contribution in [0.15, 0.2) is 0 Å². The molecule has 0 saturated carbocycles. The van der Waals surface area contributed by atoms with E-state index in [1.807, 2.05) is 13.8 Å². The maximum Gasteiger partial charge on any atom is 0.245 e. The number of thiol groups is 2. The van der Waals surface area contributed by atoms with Gasteiger partial charge in [0.15, 0.2) is 0 Å². The van der Waals surface area contributed by atoms with Gasteiger partial charge in [-0.15, -0.1) is 0 Å². The Morgan fingerprint density at radius 1 is 0.957 bits per heavy atom. The van der Waals surface area contributed by atoms with Crippen LogP contribution in [-0.2, 0) is 14.4 Å². The first-order chi connectivity index (χ1) is 10.8. The molecule has 0 spiro atoms. The van der Waals surface area contributed by atoms with Crippen molar-refractivity contribution in [2.45, 2.75) is 25.9 Å². The molecule has 2 N–H and O–H groups in total. The first kappa shape index (κ1) is 22.1. The van der Waals surface area contributed by atoms with E-state index < -0.39 is 12.1 Å². The van der Waals surface area contributed by atoms with Crippen molar-refractivity contribution in [2.75, 3.05) is 45.2 Å². The lowest BCUT2D eigenvalue weighted by molar-refractivity contribution is -0.134. The van der Waals surface area contributed by atoms with E-state index in [0.717, 1.165) is 0 Å². The fourth-order valence-corrected chi connectivity index (χ4v) is 2.48. The van der Waals surface area contributed by atoms with Gasteiger partial charge in [0.05, 0.1) is 12.6 Å². The molecule has 2 unspecified atom stereocenters. The highest BCUT2D eigenvalue weighted by Crippen LogP contribution is 1.98. The Kier molecular flexibility index (Phi) is 11.1. The summed E-state index contributed by atoms with van der Waals surface area (Å²) in [5, 5.41) is 5.49.